The third-order valence-electron chi connectivity index (χ3n) is 3.88. The highest BCUT2D eigenvalue weighted by molar-refractivity contribution is 5.96. The molecule has 1 aromatic rings. The Morgan fingerprint density at radius 3 is 2.79 bits per heavy atom. The molecule has 1 aliphatic carbocycles. The highest BCUT2D eigenvalue weighted by Gasteiger charge is 2.26. The number of hydrogen-bond donors (Lipinski definition) is 2. The maximum Gasteiger partial charge on any atom is 0.0577 e. The molecule has 1 aromatic carbocycles. The van der Waals surface area contributed by atoms with Gasteiger partial charge in [-0.05, 0) is 60.9 Å². The van der Waals surface area contributed by atoms with E-state index in [1.165, 1.54) is 35.9 Å². The number of hydrogen-bond acceptors (Lipinski definition) is 3. The normalized spacial score (nSPS) is 17.6. The van der Waals surface area contributed by atoms with Gasteiger partial charge in [0, 0.05) is 23.2 Å². The first-order valence-electron chi connectivity index (χ1n) is 6.90. The summed E-state index contributed by atoms with van der Waals surface area (Å²) in [6.45, 7) is 0.833. The summed E-state index contributed by atoms with van der Waals surface area (Å²) in [4.78, 5) is 4.44. The highest BCUT2D eigenvalue weighted by Crippen LogP contribution is 2.43. The molecule has 1 fully saturated rings. The van der Waals surface area contributed by atoms with E-state index in [0.29, 0.717) is 5.92 Å². The first kappa shape index (κ1) is 12.2. The van der Waals surface area contributed by atoms with Crippen LogP contribution in [0.2, 0.25) is 0 Å². The minimum atomic E-state index is 0.690. The van der Waals surface area contributed by atoms with Crippen molar-refractivity contribution in [2.24, 2.45) is 4.99 Å². The summed E-state index contributed by atoms with van der Waals surface area (Å²) in [6, 6.07) is 4.18. The maximum absolute atomic E-state index is 7.42. The zero-order valence-corrected chi connectivity index (χ0v) is 11.0. The van der Waals surface area contributed by atoms with Gasteiger partial charge in [-0.25, -0.2) is 0 Å². The number of aryl methyl sites for hydroxylation is 1. The Morgan fingerprint density at radius 2 is 2.16 bits per heavy atom. The van der Waals surface area contributed by atoms with E-state index in [9.17, 15) is 0 Å². The Kier molecular flexibility index (Phi) is 3.20. The van der Waals surface area contributed by atoms with Crippen LogP contribution >= 0.6 is 0 Å². The number of rotatable bonds is 5. The first-order chi connectivity index (χ1) is 9.28. The van der Waals surface area contributed by atoms with E-state index < -0.39 is 0 Å². The topological polar surface area (TPSA) is 62.2 Å². The number of aliphatic imine (C=N–C) groups is 1. The SMILES string of the molecule is N=Cc1cc(C2CC2)c(CCC2=NCC=C2)cc1N. The van der Waals surface area contributed by atoms with Crippen molar-refractivity contribution in [2.75, 3.05) is 12.3 Å². The second-order valence-corrected chi connectivity index (χ2v) is 5.33. The molecule has 0 bridgehead atoms. The monoisotopic (exact) mass is 253 g/mol. The lowest BCUT2D eigenvalue weighted by atomic mass is 9.95. The standard InChI is InChI=1S/C16H19N3/c17-10-13-8-15(11-3-4-11)12(9-16(13)18)5-6-14-2-1-7-19-14/h1-2,8-11,17H,3-7,18H2. The van der Waals surface area contributed by atoms with Crippen LogP contribution < -0.4 is 5.73 Å². The minimum absolute atomic E-state index is 0.690. The lowest BCUT2D eigenvalue weighted by molar-refractivity contribution is 0.980. The molecule has 2 aliphatic rings. The Hall–Kier alpha value is -1.90. The largest absolute Gasteiger partial charge is 0.398 e. The van der Waals surface area contributed by atoms with Crippen molar-refractivity contribution in [1.82, 2.24) is 0 Å². The van der Waals surface area contributed by atoms with Crippen LogP contribution in [0.15, 0.2) is 29.3 Å². The average molecular weight is 253 g/mol. The van der Waals surface area contributed by atoms with Crippen molar-refractivity contribution in [1.29, 1.82) is 5.41 Å². The molecule has 0 aromatic heterocycles. The van der Waals surface area contributed by atoms with Gasteiger partial charge in [-0.1, -0.05) is 6.08 Å². The van der Waals surface area contributed by atoms with Crippen molar-refractivity contribution in [3.63, 3.8) is 0 Å². The van der Waals surface area contributed by atoms with Crippen molar-refractivity contribution >= 4 is 17.6 Å². The number of nitrogens with zero attached hydrogens (tertiary/aromatic N) is 1. The van der Waals surface area contributed by atoms with Crippen LogP contribution in [0.3, 0.4) is 0 Å². The Labute approximate surface area is 113 Å². The molecule has 1 aliphatic heterocycles. The van der Waals surface area contributed by atoms with Crippen molar-refractivity contribution in [2.45, 2.75) is 31.6 Å². The van der Waals surface area contributed by atoms with Gasteiger partial charge in [0.15, 0.2) is 0 Å². The van der Waals surface area contributed by atoms with Crippen LogP contribution in [0.4, 0.5) is 5.69 Å². The summed E-state index contributed by atoms with van der Waals surface area (Å²) < 4.78 is 0. The van der Waals surface area contributed by atoms with Crippen LogP contribution in [-0.4, -0.2) is 18.5 Å². The van der Waals surface area contributed by atoms with Gasteiger partial charge < -0.3 is 11.1 Å². The van der Waals surface area contributed by atoms with Gasteiger partial charge in [0.25, 0.3) is 0 Å². The zero-order valence-electron chi connectivity index (χ0n) is 11.0. The summed E-state index contributed by atoms with van der Waals surface area (Å²) in [5.41, 5.74) is 11.5. The molecule has 1 heterocycles. The van der Waals surface area contributed by atoms with Crippen LogP contribution in [0.25, 0.3) is 0 Å². The van der Waals surface area contributed by atoms with E-state index in [-0.39, 0.29) is 0 Å². The minimum Gasteiger partial charge on any atom is -0.398 e. The highest BCUT2D eigenvalue weighted by atomic mass is 14.7. The van der Waals surface area contributed by atoms with Crippen molar-refractivity contribution in [3.05, 3.63) is 41.0 Å². The molecule has 3 N–H and O–H groups in total. The molecule has 0 amide bonds. The predicted molar refractivity (Wildman–Crippen MR) is 80.5 cm³/mol. The average Bonchev–Trinajstić information content (AvgIpc) is 3.13. The number of benzene rings is 1. The summed E-state index contributed by atoms with van der Waals surface area (Å²) >= 11 is 0. The van der Waals surface area contributed by atoms with E-state index in [0.717, 1.165) is 30.6 Å². The molecule has 3 rings (SSSR count). The van der Waals surface area contributed by atoms with Crippen LogP contribution in [-0.2, 0) is 6.42 Å². The van der Waals surface area contributed by atoms with Crippen molar-refractivity contribution in [3.8, 4) is 0 Å². The number of allylic oxidation sites excluding steroid dienone is 1. The van der Waals surface area contributed by atoms with E-state index in [1.807, 2.05) is 0 Å². The first-order valence-corrected chi connectivity index (χ1v) is 6.90. The molecule has 0 saturated heterocycles. The predicted octanol–water partition coefficient (Wildman–Crippen LogP) is 3.09. The molecule has 0 radical (unpaired) electrons. The molecule has 0 atom stereocenters. The number of nitrogens with two attached hydrogens (primary N) is 1. The van der Waals surface area contributed by atoms with Gasteiger partial charge in [0.2, 0.25) is 0 Å². The fourth-order valence-corrected chi connectivity index (χ4v) is 2.65. The Morgan fingerprint density at radius 1 is 1.32 bits per heavy atom. The van der Waals surface area contributed by atoms with Gasteiger partial charge in [0.1, 0.15) is 0 Å². The van der Waals surface area contributed by atoms with E-state index in [1.54, 1.807) is 0 Å². The van der Waals surface area contributed by atoms with Crippen LogP contribution in [0.5, 0.6) is 0 Å². The smallest absolute Gasteiger partial charge is 0.0577 e. The molecule has 1 saturated carbocycles. The Bertz CT molecular complexity index is 566. The second-order valence-electron chi connectivity index (χ2n) is 5.33. The summed E-state index contributed by atoms with van der Waals surface area (Å²) in [5.74, 6) is 0.690. The summed E-state index contributed by atoms with van der Waals surface area (Å²) in [6.07, 6.45) is 10.1. The van der Waals surface area contributed by atoms with Gasteiger partial charge in [-0.2, -0.15) is 0 Å². The van der Waals surface area contributed by atoms with Crippen molar-refractivity contribution < 1.29 is 0 Å². The van der Waals surface area contributed by atoms with Crippen LogP contribution in [0.1, 0.15) is 41.9 Å². The quantitative estimate of drug-likeness (QED) is 0.614. The molecular weight excluding hydrogens is 234 g/mol. The fourth-order valence-electron chi connectivity index (χ4n) is 2.65. The second kappa shape index (κ2) is 5.00. The summed E-state index contributed by atoms with van der Waals surface area (Å²) in [5, 5.41) is 7.42. The van der Waals surface area contributed by atoms with Gasteiger partial charge >= 0.3 is 0 Å². The molecule has 98 valence electrons. The molecule has 0 spiro atoms. The molecule has 3 nitrogen and oxygen atoms in total. The maximum atomic E-state index is 7.42. The fraction of sp³-hybridized carbons (Fsp3) is 0.375. The van der Waals surface area contributed by atoms with Crippen LogP contribution in [0, 0.1) is 5.41 Å². The third kappa shape index (κ3) is 2.60. The third-order valence-corrected chi connectivity index (χ3v) is 3.88. The van der Waals surface area contributed by atoms with Gasteiger partial charge in [0.05, 0.1) is 6.54 Å². The molecule has 19 heavy (non-hydrogen) atoms. The summed E-state index contributed by atoms with van der Waals surface area (Å²) in [7, 11) is 0. The van der Waals surface area contributed by atoms with E-state index >= 15 is 0 Å². The Balaban J connectivity index is 1.84. The number of nitrogen functional groups attached to an aromatic ring is 1. The lowest BCUT2D eigenvalue weighted by Gasteiger charge is -2.12. The van der Waals surface area contributed by atoms with Gasteiger partial charge in [-0.3, -0.25) is 4.99 Å². The number of nitrogens with one attached hydrogen (secondary N) is 1. The van der Waals surface area contributed by atoms with E-state index in [2.05, 4.69) is 29.3 Å². The lowest BCUT2D eigenvalue weighted by Crippen LogP contribution is -2.02. The van der Waals surface area contributed by atoms with Gasteiger partial charge in [-0.15, -0.1) is 0 Å². The zero-order chi connectivity index (χ0) is 13.2. The molecule has 3 heteroatoms. The van der Waals surface area contributed by atoms with E-state index in [4.69, 9.17) is 11.1 Å². The molecular formula is C16H19N3. The molecule has 0 unspecified atom stereocenters. The number of anilines is 1.